The molecule has 0 N–H and O–H groups in total. The average Bonchev–Trinajstić information content (AvgIpc) is 2.40. The van der Waals surface area contributed by atoms with Gasteiger partial charge >= 0.3 is 5.97 Å². The first kappa shape index (κ1) is 11.6. The lowest BCUT2D eigenvalue weighted by Gasteiger charge is -2.45. The highest BCUT2D eigenvalue weighted by Gasteiger charge is 2.42. The highest BCUT2D eigenvalue weighted by molar-refractivity contribution is 8.00. The van der Waals surface area contributed by atoms with Crippen LogP contribution in [-0.4, -0.2) is 40.6 Å². The van der Waals surface area contributed by atoms with Crippen molar-refractivity contribution in [3.8, 4) is 0 Å². The van der Waals surface area contributed by atoms with E-state index in [9.17, 15) is 9.59 Å². The summed E-state index contributed by atoms with van der Waals surface area (Å²) in [7, 11) is 0. The number of thioether (sulfide) groups is 1. The van der Waals surface area contributed by atoms with E-state index in [0.717, 1.165) is 5.75 Å². The molecule has 1 amide bonds. The molecule has 5 heteroatoms. The number of fused-ring (bicyclic) bond motifs is 1. The monoisotopic (exact) mass is 263 g/mol. The van der Waals surface area contributed by atoms with Crippen LogP contribution in [0.4, 0.5) is 0 Å². The minimum Gasteiger partial charge on any atom is -0.456 e. The van der Waals surface area contributed by atoms with Crippen molar-refractivity contribution in [3.63, 3.8) is 0 Å². The summed E-state index contributed by atoms with van der Waals surface area (Å²) in [5.74, 6) is 0.619. The van der Waals surface area contributed by atoms with Crippen molar-refractivity contribution < 1.29 is 14.3 Å². The Morgan fingerprint density at radius 3 is 2.83 bits per heavy atom. The Labute approximate surface area is 109 Å². The Balaban J connectivity index is 1.60. The molecule has 0 aromatic heterocycles. The molecule has 18 heavy (non-hydrogen) atoms. The molecular weight excluding hydrogens is 250 g/mol. The molecule has 0 aliphatic carbocycles. The van der Waals surface area contributed by atoms with E-state index < -0.39 is 0 Å². The van der Waals surface area contributed by atoms with Crippen molar-refractivity contribution >= 4 is 23.6 Å². The highest BCUT2D eigenvalue weighted by Crippen LogP contribution is 2.34. The molecule has 1 unspecified atom stereocenters. The van der Waals surface area contributed by atoms with Crippen LogP contribution in [0, 0.1) is 0 Å². The number of carbonyl (C=O) groups is 2. The van der Waals surface area contributed by atoms with Gasteiger partial charge in [-0.1, -0.05) is 18.2 Å². The fourth-order valence-corrected chi connectivity index (χ4v) is 3.40. The van der Waals surface area contributed by atoms with Crippen LogP contribution in [0.15, 0.2) is 30.3 Å². The van der Waals surface area contributed by atoms with Crippen LogP contribution < -0.4 is 0 Å². The van der Waals surface area contributed by atoms with Gasteiger partial charge in [-0.2, -0.15) is 0 Å². The summed E-state index contributed by atoms with van der Waals surface area (Å²) in [6.45, 7) is 0.537. The third-order valence-electron chi connectivity index (χ3n) is 3.18. The van der Waals surface area contributed by atoms with Gasteiger partial charge in [0, 0.05) is 5.75 Å². The van der Waals surface area contributed by atoms with Crippen molar-refractivity contribution in [1.82, 2.24) is 4.90 Å². The molecule has 94 valence electrons. The second kappa shape index (κ2) is 4.65. The number of rotatable bonds is 2. The Kier molecular flexibility index (Phi) is 2.99. The number of hydrogen-bond donors (Lipinski definition) is 0. The molecule has 2 fully saturated rings. The zero-order valence-corrected chi connectivity index (χ0v) is 10.6. The van der Waals surface area contributed by atoms with Gasteiger partial charge in [-0.3, -0.25) is 4.79 Å². The number of esters is 1. The van der Waals surface area contributed by atoms with Crippen LogP contribution in [0.3, 0.4) is 0 Å². The number of ether oxygens (including phenoxy) is 1. The lowest BCUT2D eigenvalue weighted by molar-refractivity contribution is -0.144. The van der Waals surface area contributed by atoms with E-state index >= 15 is 0 Å². The van der Waals surface area contributed by atoms with Gasteiger partial charge in [0.2, 0.25) is 5.91 Å². The fourth-order valence-electron chi connectivity index (χ4n) is 2.15. The fraction of sp³-hybridized carbons (Fsp3) is 0.385. The third-order valence-corrected chi connectivity index (χ3v) is 4.55. The zero-order chi connectivity index (χ0) is 12.5. The molecule has 2 aliphatic heterocycles. The summed E-state index contributed by atoms with van der Waals surface area (Å²) in [5, 5.41) is 0.309. The van der Waals surface area contributed by atoms with Crippen LogP contribution >= 0.6 is 11.8 Å². The minimum absolute atomic E-state index is 0.160. The number of benzene rings is 1. The van der Waals surface area contributed by atoms with Gasteiger partial charge in [0.15, 0.2) is 0 Å². The topological polar surface area (TPSA) is 46.6 Å². The third kappa shape index (κ3) is 2.10. The average molecular weight is 263 g/mol. The number of nitrogens with zero attached hydrogens (tertiary/aromatic N) is 1. The molecule has 3 rings (SSSR count). The van der Waals surface area contributed by atoms with Crippen LogP contribution in [0.2, 0.25) is 0 Å². The van der Waals surface area contributed by atoms with E-state index in [0.29, 0.717) is 23.9 Å². The maximum Gasteiger partial charge on any atom is 0.338 e. The lowest BCUT2D eigenvalue weighted by atomic mass is 10.1. The number of hydrogen-bond acceptors (Lipinski definition) is 4. The largest absolute Gasteiger partial charge is 0.456 e. The predicted octanol–water partition coefficient (Wildman–Crippen LogP) is 1.52. The van der Waals surface area contributed by atoms with Gasteiger partial charge in [-0.25, -0.2) is 4.79 Å². The zero-order valence-electron chi connectivity index (χ0n) is 9.74. The van der Waals surface area contributed by atoms with Crippen LogP contribution in [0.1, 0.15) is 16.8 Å². The Hall–Kier alpha value is -1.49. The normalized spacial score (nSPS) is 26.2. The first-order chi connectivity index (χ1) is 8.74. The predicted molar refractivity (Wildman–Crippen MR) is 68.2 cm³/mol. The van der Waals surface area contributed by atoms with Gasteiger partial charge in [0.05, 0.1) is 23.9 Å². The van der Waals surface area contributed by atoms with Crippen LogP contribution in [-0.2, 0) is 9.53 Å². The summed E-state index contributed by atoms with van der Waals surface area (Å²) < 4.78 is 5.42. The summed E-state index contributed by atoms with van der Waals surface area (Å²) in [5.41, 5.74) is 0.555. The molecule has 0 spiro atoms. The second-order valence-corrected chi connectivity index (χ2v) is 5.64. The molecule has 2 aliphatic rings. The van der Waals surface area contributed by atoms with Crippen molar-refractivity contribution in [3.05, 3.63) is 35.9 Å². The molecule has 4 nitrogen and oxygen atoms in total. The summed E-state index contributed by atoms with van der Waals surface area (Å²) in [6, 6.07) is 8.94. The second-order valence-electron chi connectivity index (χ2n) is 4.43. The smallest absolute Gasteiger partial charge is 0.338 e. The molecule has 2 saturated heterocycles. The molecule has 0 saturated carbocycles. The first-order valence-electron chi connectivity index (χ1n) is 5.91. The lowest BCUT2D eigenvalue weighted by Crippen LogP contribution is -2.57. The highest BCUT2D eigenvalue weighted by atomic mass is 32.2. The molecule has 0 radical (unpaired) electrons. The minimum atomic E-state index is -0.312. The Bertz CT molecular complexity index is 476. The summed E-state index contributed by atoms with van der Waals surface area (Å²) >= 11 is 1.69. The molecule has 2 atom stereocenters. The standard InChI is InChI=1S/C13H13NO3S/c15-11-6-12-14(11)7-10(8-18-12)17-13(16)9-4-2-1-3-5-9/h1-5,10,12H,6-8H2/t10?,12-/m1/s1. The maximum atomic E-state index is 11.9. The SMILES string of the molecule is O=C(OC1CS[C@@H]2CC(=O)N2C1)c1ccccc1. The van der Waals surface area contributed by atoms with Gasteiger partial charge < -0.3 is 9.64 Å². The van der Waals surface area contributed by atoms with Crippen LogP contribution in [0.25, 0.3) is 0 Å². The molecule has 0 bridgehead atoms. The molecule has 1 aromatic carbocycles. The number of β-lactam (4-membered cyclic amide) rings is 1. The van der Waals surface area contributed by atoms with Crippen molar-refractivity contribution in [2.75, 3.05) is 12.3 Å². The van der Waals surface area contributed by atoms with Gasteiger partial charge in [-0.15, -0.1) is 11.8 Å². The Morgan fingerprint density at radius 2 is 2.11 bits per heavy atom. The van der Waals surface area contributed by atoms with E-state index in [-0.39, 0.29) is 18.0 Å². The molecule has 1 aromatic rings. The van der Waals surface area contributed by atoms with Crippen molar-refractivity contribution in [2.24, 2.45) is 0 Å². The maximum absolute atomic E-state index is 11.9. The summed E-state index contributed by atoms with van der Waals surface area (Å²) in [4.78, 5) is 25.0. The van der Waals surface area contributed by atoms with E-state index in [2.05, 4.69) is 0 Å². The first-order valence-corrected chi connectivity index (χ1v) is 6.96. The van der Waals surface area contributed by atoms with Crippen LogP contribution in [0.5, 0.6) is 0 Å². The van der Waals surface area contributed by atoms with E-state index in [1.165, 1.54) is 0 Å². The van der Waals surface area contributed by atoms with E-state index in [1.54, 1.807) is 40.9 Å². The van der Waals surface area contributed by atoms with E-state index in [4.69, 9.17) is 4.74 Å². The quantitative estimate of drug-likeness (QED) is 0.599. The van der Waals surface area contributed by atoms with Gasteiger partial charge in [0.25, 0.3) is 0 Å². The molecule has 2 heterocycles. The van der Waals surface area contributed by atoms with Crippen molar-refractivity contribution in [1.29, 1.82) is 0 Å². The summed E-state index contributed by atoms with van der Waals surface area (Å²) in [6.07, 6.45) is 0.438. The Morgan fingerprint density at radius 1 is 1.33 bits per heavy atom. The number of amides is 1. The van der Waals surface area contributed by atoms with Gasteiger partial charge in [0.1, 0.15) is 6.10 Å². The van der Waals surface area contributed by atoms with E-state index in [1.807, 2.05) is 6.07 Å². The number of carbonyl (C=O) groups excluding carboxylic acids is 2. The molecular formula is C13H13NO3S. The van der Waals surface area contributed by atoms with Crippen molar-refractivity contribution in [2.45, 2.75) is 17.9 Å². The van der Waals surface area contributed by atoms with Gasteiger partial charge in [-0.05, 0) is 12.1 Å².